The Morgan fingerprint density at radius 1 is 1.23 bits per heavy atom. The minimum absolute atomic E-state index is 0.0217. The van der Waals surface area contributed by atoms with Gasteiger partial charge in [-0.25, -0.2) is 0 Å². The summed E-state index contributed by atoms with van der Waals surface area (Å²) in [6.07, 6.45) is 3.95. The first kappa shape index (κ1) is 15.8. The molecular formula is C17H28N4O. The lowest BCUT2D eigenvalue weighted by Crippen LogP contribution is -2.54. The molecule has 22 heavy (non-hydrogen) atoms. The molecule has 0 N–H and O–H groups in total. The van der Waals surface area contributed by atoms with E-state index in [-0.39, 0.29) is 11.9 Å². The van der Waals surface area contributed by atoms with Crippen molar-refractivity contribution >= 4 is 5.91 Å². The third kappa shape index (κ3) is 3.13. The first-order valence-electron chi connectivity index (χ1n) is 8.74. The van der Waals surface area contributed by atoms with Crippen LogP contribution in [0.15, 0.2) is 0 Å². The maximum absolute atomic E-state index is 12.5. The molecule has 2 bridgehead atoms. The summed E-state index contributed by atoms with van der Waals surface area (Å²) in [6.45, 7) is 9.11. The highest BCUT2D eigenvalue weighted by molar-refractivity contribution is 5.78. The van der Waals surface area contributed by atoms with Crippen LogP contribution >= 0.6 is 0 Å². The van der Waals surface area contributed by atoms with E-state index < -0.39 is 0 Å². The minimum atomic E-state index is -0.0217. The fourth-order valence-corrected chi connectivity index (χ4v) is 4.40. The summed E-state index contributed by atoms with van der Waals surface area (Å²) in [6, 6.07) is 3.05. The van der Waals surface area contributed by atoms with Crippen molar-refractivity contribution in [2.75, 3.05) is 39.3 Å². The predicted molar refractivity (Wildman–Crippen MR) is 85.1 cm³/mol. The normalized spacial score (nSPS) is 30.7. The summed E-state index contributed by atoms with van der Waals surface area (Å²) in [4.78, 5) is 19.1. The molecule has 0 radical (unpaired) electrons. The number of fused-ring (bicyclic) bond motifs is 2. The van der Waals surface area contributed by atoms with Gasteiger partial charge in [0, 0.05) is 38.8 Å². The molecule has 3 atom stereocenters. The van der Waals surface area contributed by atoms with E-state index in [1.165, 1.54) is 19.3 Å². The van der Waals surface area contributed by atoms with Gasteiger partial charge in [0.15, 0.2) is 0 Å². The molecule has 0 unspecified atom stereocenters. The lowest BCUT2D eigenvalue weighted by atomic mass is 10.0. The molecule has 0 aromatic heterocycles. The van der Waals surface area contributed by atoms with Crippen LogP contribution in [0.5, 0.6) is 0 Å². The third-order valence-corrected chi connectivity index (χ3v) is 5.69. The van der Waals surface area contributed by atoms with E-state index >= 15 is 0 Å². The Labute approximate surface area is 133 Å². The average Bonchev–Trinajstić information content (AvgIpc) is 3.11. The van der Waals surface area contributed by atoms with Crippen molar-refractivity contribution < 1.29 is 4.79 Å². The number of hydrogen-bond acceptors (Lipinski definition) is 4. The molecule has 122 valence electrons. The number of nitriles is 1. The van der Waals surface area contributed by atoms with Crippen LogP contribution in [0, 0.1) is 23.2 Å². The van der Waals surface area contributed by atoms with E-state index in [4.69, 9.17) is 0 Å². The van der Waals surface area contributed by atoms with Gasteiger partial charge in [0.2, 0.25) is 5.91 Å². The third-order valence-electron chi connectivity index (χ3n) is 5.69. The Hall–Kier alpha value is -1.12. The molecule has 2 heterocycles. The van der Waals surface area contributed by atoms with Crippen molar-refractivity contribution in [1.29, 1.82) is 5.26 Å². The average molecular weight is 304 g/mol. The van der Waals surface area contributed by atoms with Crippen LogP contribution < -0.4 is 0 Å². The first-order valence-corrected chi connectivity index (χ1v) is 8.74. The van der Waals surface area contributed by atoms with Crippen molar-refractivity contribution in [2.24, 2.45) is 11.8 Å². The van der Waals surface area contributed by atoms with Gasteiger partial charge in [-0.15, -0.1) is 0 Å². The molecular weight excluding hydrogens is 276 g/mol. The zero-order valence-corrected chi connectivity index (χ0v) is 13.9. The van der Waals surface area contributed by atoms with Crippen molar-refractivity contribution in [3.8, 4) is 6.07 Å². The standard InChI is InChI=1S/C17H28N4O/c1-13(2)16(10-18)19-5-7-20(8-6-19)17(22)12-21-11-14-3-4-15(21)9-14/h13-16H,3-9,11-12H2,1-2H3/t14-,15-,16-/m0/s1. The summed E-state index contributed by atoms with van der Waals surface area (Å²) < 4.78 is 0. The Morgan fingerprint density at radius 2 is 1.95 bits per heavy atom. The summed E-state index contributed by atoms with van der Waals surface area (Å²) >= 11 is 0. The Bertz CT molecular complexity index is 450. The number of nitrogens with zero attached hydrogens (tertiary/aromatic N) is 4. The predicted octanol–water partition coefficient (Wildman–Crippen LogP) is 1.16. The number of piperazine rings is 1. The van der Waals surface area contributed by atoms with Crippen LogP contribution in [0.3, 0.4) is 0 Å². The highest BCUT2D eigenvalue weighted by Crippen LogP contribution is 2.37. The fourth-order valence-electron chi connectivity index (χ4n) is 4.40. The van der Waals surface area contributed by atoms with Crippen molar-refractivity contribution in [3.05, 3.63) is 0 Å². The SMILES string of the molecule is CC(C)[C@H](C#N)N1CCN(C(=O)CN2C[C@H]3CC[C@H]2C3)CC1. The summed E-state index contributed by atoms with van der Waals surface area (Å²) in [5.74, 6) is 1.47. The number of rotatable bonds is 4. The van der Waals surface area contributed by atoms with E-state index in [0.717, 1.165) is 38.6 Å². The van der Waals surface area contributed by atoms with Gasteiger partial charge in [-0.2, -0.15) is 5.26 Å². The van der Waals surface area contributed by atoms with Crippen molar-refractivity contribution in [3.63, 3.8) is 0 Å². The molecule has 3 aliphatic rings. The Morgan fingerprint density at radius 3 is 2.45 bits per heavy atom. The van der Waals surface area contributed by atoms with Gasteiger partial charge >= 0.3 is 0 Å². The highest BCUT2D eigenvalue weighted by atomic mass is 16.2. The summed E-state index contributed by atoms with van der Waals surface area (Å²) in [5.41, 5.74) is 0. The number of likely N-dealkylation sites (tertiary alicyclic amines) is 1. The topological polar surface area (TPSA) is 50.6 Å². The molecule has 2 saturated heterocycles. The van der Waals surface area contributed by atoms with Gasteiger partial charge in [0.1, 0.15) is 6.04 Å². The second-order valence-electron chi connectivity index (χ2n) is 7.50. The van der Waals surface area contributed by atoms with Gasteiger partial charge in [0.05, 0.1) is 12.6 Å². The zero-order chi connectivity index (χ0) is 15.7. The number of carbonyl (C=O) groups is 1. The van der Waals surface area contributed by atoms with Gasteiger partial charge in [0.25, 0.3) is 0 Å². The highest BCUT2D eigenvalue weighted by Gasteiger charge is 2.39. The van der Waals surface area contributed by atoms with E-state index in [1.807, 2.05) is 4.90 Å². The van der Waals surface area contributed by atoms with Gasteiger partial charge in [-0.3, -0.25) is 14.6 Å². The second kappa shape index (κ2) is 6.55. The van der Waals surface area contributed by atoms with Crippen molar-refractivity contribution in [2.45, 2.75) is 45.2 Å². The molecule has 1 amide bonds. The maximum atomic E-state index is 12.5. The first-order chi connectivity index (χ1) is 10.6. The molecule has 3 fully saturated rings. The number of amides is 1. The molecule has 3 rings (SSSR count). The molecule has 1 saturated carbocycles. The van der Waals surface area contributed by atoms with Crippen LogP contribution in [0.2, 0.25) is 0 Å². The summed E-state index contributed by atoms with van der Waals surface area (Å²) in [5, 5.41) is 9.30. The van der Waals surface area contributed by atoms with Crippen LogP contribution in [-0.4, -0.2) is 72.0 Å². The van der Waals surface area contributed by atoms with Crippen LogP contribution in [-0.2, 0) is 4.79 Å². The lowest BCUT2D eigenvalue weighted by Gasteiger charge is -2.39. The van der Waals surface area contributed by atoms with Gasteiger partial charge in [-0.1, -0.05) is 13.8 Å². The smallest absolute Gasteiger partial charge is 0.236 e. The molecule has 2 aliphatic heterocycles. The monoisotopic (exact) mass is 304 g/mol. The van der Waals surface area contributed by atoms with E-state index in [2.05, 4.69) is 29.7 Å². The molecule has 0 aromatic carbocycles. The zero-order valence-electron chi connectivity index (χ0n) is 13.9. The Balaban J connectivity index is 1.47. The molecule has 0 spiro atoms. The van der Waals surface area contributed by atoms with Gasteiger partial charge in [-0.05, 0) is 31.1 Å². The molecule has 0 aromatic rings. The second-order valence-corrected chi connectivity index (χ2v) is 7.50. The van der Waals surface area contributed by atoms with E-state index in [0.29, 0.717) is 18.5 Å². The van der Waals surface area contributed by atoms with Crippen LogP contribution in [0.1, 0.15) is 33.1 Å². The number of carbonyl (C=O) groups excluding carboxylic acids is 1. The number of piperidine rings is 1. The number of hydrogen-bond donors (Lipinski definition) is 0. The maximum Gasteiger partial charge on any atom is 0.236 e. The van der Waals surface area contributed by atoms with E-state index in [9.17, 15) is 10.1 Å². The minimum Gasteiger partial charge on any atom is -0.339 e. The van der Waals surface area contributed by atoms with Crippen LogP contribution in [0.25, 0.3) is 0 Å². The summed E-state index contributed by atoms with van der Waals surface area (Å²) in [7, 11) is 0. The molecule has 5 heteroatoms. The molecule has 5 nitrogen and oxygen atoms in total. The fraction of sp³-hybridized carbons (Fsp3) is 0.882. The quantitative estimate of drug-likeness (QED) is 0.782. The lowest BCUT2D eigenvalue weighted by molar-refractivity contribution is -0.134. The van der Waals surface area contributed by atoms with Crippen molar-refractivity contribution in [1.82, 2.24) is 14.7 Å². The molecule has 1 aliphatic carbocycles. The van der Waals surface area contributed by atoms with E-state index in [1.54, 1.807) is 0 Å². The Kier molecular flexibility index (Phi) is 4.70. The van der Waals surface area contributed by atoms with Gasteiger partial charge < -0.3 is 4.90 Å². The van der Waals surface area contributed by atoms with Crippen LogP contribution in [0.4, 0.5) is 0 Å². The largest absolute Gasteiger partial charge is 0.339 e.